The Balaban J connectivity index is 2.01. The SMILES string of the molecule is COC(=O)CC1(CS(=O)(=O)Cc2ccc(N)cc2)CC1. The van der Waals surface area contributed by atoms with Crippen molar-refractivity contribution in [1.29, 1.82) is 0 Å². The summed E-state index contributed by atoms with van der Waals surface area (Å²) in [7, 11) is -1.92. The average molecular weight is 297 g/mol. The molecule has 6 heteroatoms. The second-order valence-electron chi connectivity index (χ2n) is 5.53. The van der Waals surface area contributed by atoms with Crippen molar-refractivity contribution in [3.05, 3.63) is 29.8 Å². The number of hydrogen-bond acceptors (Lipinski definition) is 5. The molecule has 1 aromatic carbocycles. The van der Waals surface area contributed by atoms with E-state index in [1.807, 2.05) is 0 Å². The zero-order chi connectivity index (χ0) is 14.8. The van der Waals surface area contributed by atoms with E-state index in [9.17, 15) is 13.2 Å². The summed E-state index contributed by atoms with van der Waals surface area (Å²) in [6.07, 6.45) is 1.72. The van der Waals surface area contributed by atoms with Gasteiger partial charge in [-0.15, -0.1) is 0 Å². The minimum Gasteiger partial charge on any atom is -0.469 e. The van der Waals surface area contributed by atoms with Gasteiger partial charge in [-0.3, -0.25) is 4.79 Å². The summed E-state index contributed by atoms with van der Waals surface area (Å²) in [5.74, 6) is -0.319. The molecule has 1 aliphatic carbocycles. The molecule has 5 nitrogen and oxygen atoms in total. The van der Waals surface area contributed by atoms with Crippen LogP contribution in [0.15, 0.2) is 24.3 Å². The van der Waals surface area contributed by atoms with Gasteiger partial charge in [0, 0.05) is 5.69 Å². The maximum atomic E-state index is 12.2. The van der Waals surface area contributed by atoms with Crippen LogP contribution in [0.5, 0.6) is 0 Å². The van der Waals surface area contributed by atoms with E-state index < -0.39 is 15.3 Å². The van der Waals surface area contributed by atoms with Crippen LogP contribution in [0.3, 0.4) is 0 Å². The monoisotopic (exact) mass is 297 g/mol. The van der Waals surface area contributed by atoms with Gasteiger partial charge in [-0.2, -0.15) is 0 Å². The topological polar surface area (TPSA) is 86.5 Å². The van der Waals surface area contributed by atoms with Gasteiger partial charge in [-0.25, -0.2) is 8.42 Å². The number of rotatable bonds is 6. The van der Waals surface area contributed by atoms with Gasteiger partial charge in [0.05, 0.1) is 25.0 Å². The molecule has 1 saturated carbocycles. The van der Waals surface area contributed by atoms with E-state index in [0.29, 0.717) is 11.3 Å². The highest BCUT2D eigenvalue weighted by Crippen LogP contribution is 2.50. The smallest absolute Gasteiger partial charge is 0.306 e. The molecule has 0 amide bonds. The van der Waals surface area contributed by atoms with Crippen molar-refractivity contribution in [2.45, 2.75) is 25.0 Å². The lowest BCUT2D eigenvalue weighted by Crippen LogP contribution is -2.22. The average Bonchev–Trinajstić information content (AvgIpc) is 3.10. The molecule has 1 aliphatic rings. The maximum Gasteiger partial charge on any atom is 0.306 e. The normalized spacial score (nSPS) is 16.6. The van der Waals surface area contributed by atoms with E-state index in [4.69, 9.17) is 5.73 Å². The first-order valence-electron chi connectivity index (χ1n) is 6.46. The predicted molar refractivity (Wildman–Crippen MR) is 76.6 cm³/mol. The molecule has 0 radical (unpaired) electrons. The maximum absolute atomic E-state index is 12.2. The Kier molecular flexibility index (Phi) is 4.04. The number of nitrogen functional groups attached to an aromatic ring is 1. The van der Waals surface area contributed by atoms with E-state index in [2.05, 4.69) is 4.74 Å². The summed E-state index contributed by atoms with van der Waals surface area (Å²) in [6, 6.07) is 6.80. The molecule has 0 atom stereocenters. The molecule has 20 heavy (non-hydrogen) atoms. The number of sulfone groups is 1. The Morgan fingerprint density at radius 2 is 1.90 bits per heavy atom. The van der Waals surface area contributed by atoms with Crippen molar-refractivity contribution >= 4 is 21.5 Å². The second-order valence-corrected chi connectivity index (χ2v) is 7.59. The predicted octanol–water partition coefficient (Wildman–Crippen LogP) is 1.53. The van der Waals surface area contributed by atoms with Gasteiger partial charge in [-0.05, 0) is 36.0 Å². The molecule has 0 aliphatic heterocycles. The summed E-state index contributed by atoms with van der Waals surface area (Å²) in [5, 5.41) is 0. The molecule has 1 aromatic rings. The largest absolute Gasteiger partial charge is 0.469 e. The fourth-order valence-corrected chi connectivity index (χ4v) is 4.44. The number of ether oxygens (including phenoxy) is 1. The first-order chi connectivity index (χ1) is 9.34. The van der Waals surface area contributed by atoms with E-state index in [1.165, 1.54) is 7.11 Å². The van der Waals surface area contributed by atoms with E-state index in [0.717, 1.165) is 12.8 Å². The van der Waals surface area contributed by atoms with Gasteiger partial charge in [-0.1, -0.05) is 12.1 Å². The molecule has 1 fully saturated rings. The van der Waals surface area contributed by atoms with Crippen LogP contribution in [-0.4, -0.2) is 27.2 Å². The van der Waals surface area contributed by atoms with Crippen LogP contribution in [0, 0.1) is 5.41 Å². The van der Waals surface area contributed by atoms with Crippen molar-refractivity contribution in [1.82, 2.24) is 0 Å². The summed E-state index contributed by atoms with van der Waals surface area (Å²) in [4.78, 5) is 11.3. The Hall–Kier alpha value is -1.56. The van der Waals surface area contributed by atoms with E-state index >= 15 is 0 Å². The van der Waals surface area contributed by atoms with Crippen molar-refractivity contribution < 1.29 is 17.9 Å². The molecule has 0 spiro atoms. The number of esters is 1. The van der Waals surface area contributed by atoms with Crippen molar-refractivity contribution in [3.8, 4) is 0 Å². The lowest BCUT2D eigenvalue weighted by molar-refractivity contribution is -0.141. The zero-order valence-corrected chi connectivity index (χ0v) is 12.3. The summed E-state index contributed by atoms with van der Waals surface area (Å²) in [5.41, 5.74) is 6.49. The van der Waals surface area contributed by atoms with Gasteiger partial charge in [0.2, 0.25) is 0 Å². The molecule has 0 aromatic heterocycles. The van der Waals surface area contributed by atoms with Gasteiger partial charge in [0.15, 0.2) is 9.84 Å². The van der Waals surface area contributed by atoms with Crippen molar-refractivity contribution in [2.75, 3.05) is 18.6 Å². The first-order valence-corrected chi connectivity index (χ1v) is 8.28. The molecule has 110 valence electrons. The third-order valence-electron chi connectivity index (χ3n) is 3.60. The third-order valence-corrected chi connectivity index (χ3v) is 5.42. The van der Waals surface area contributed by atoms with Crippen LogP contribution in [0.2, 0.25) is 0 Å². The lowest BCUT2D eigenvalue weighted by Gasteiger charge is -2.14. The highest BCUT2D eigenvalue weighted by atomic mass is 32.2. The standard InChI is InChI=1S/C14H19NO4S/c1-19-13(16)8-14(6-7-14)10-20(17,18)9-11-2-4-12(15)5-3-11/h2-5H,6-10,15H2,1H3. The fraction of sp³-hybridized carbons (Fsp3) is 0.500. The number of hydrogen-bond donors (Lipinski definition) is 1. The molecule has 0 saturated heterocycles. The third kappa shape index (κ3) is 3.96. The number of carbonyl (C=O) groups excluding carboxylic acids is 1. The molecule has 0 bridgehead atoms. The Bertz CT molecular complexity index is 588. The number of methoxy groups -OCH3 is 1. The molecule has 2 rings (SSSR count). The summed E-state index contributed by atoms with van der Waals surface area (Å²) in [6.45, 7) is 0. The van der Waals surface area contributed by atoms with Gasteiger partial charge < -0.3 is 10.5 Å². The van der Waals surface area contributed by atoms with Crippen molar-refractivity contribution in [2.24, 2.45) is 5.41 Å². The van der Waals surface area contributed by atoms with Crippen LogP contribution >= 0.6 is 0 Å². The minimum atomic E-state index is -3.25. The molecular weight excluding hydrogens is 278 g/mol. The fourth-order valence-electron chi connectivity index (χ4n) is 2.31. The highest BCUT2D eigenvalue weighted by molar-refractivity contribution is 7.90. The number of anilines is 1. The van der Waals surface area contributed by atoms with E-state index in [1.54, 1.807) is 24.3 Å². The van der Waals surface area contributed by atoms with Crippen LogP contribution in [0.1, 0.15) is 24.8 Å². The van der Waals surface area contributed by atoms with Crippen molar-refractivity contribution in [3.63, 3.8) is 0 Å². The molecule has 0 heterocycles. The van der Waals surface area contributed by atoms with Gasteiger partial charge in [0.25, 0.3) is 0 Å². The molecular formula is C14H19NO4S. The Morgan fingerprint density at radius 3 is 2.40 bits per heavy atom. The highest BCUT2D eigenvalue weighted by Gasteiger charge is 2.47. The Morgan fingerprint density at radius 1 is 1.30 bits per heavy atom. The van der Waals surface area contributed by atoms with Gasteiger partial charge >= 0.3 is 5.97 Å². The number of carbonyl (C=O) groups is 1. The van der Waals surface area contributed by atoms with Gasteiger partial charge in [0.1, 0.15) is 0 Å². The minimum absolute atomic E-state index is 0.0177. The van der Waals surface area contributed by atoms with E-state index in [-0.39, 0.29) is 23.9 Å². The van der Waals surface area contributed by atoms with Crippen LogP contribution in [0.25, 0.3) is 0 Å². The van der Waals surface area contributed by atoms with Crippen LogP contribution in [0.4, 0.5) is 5.69 Å². The molecule has 0 unspecified atom stereocenters. The first kappa shape index (κ1) is 14.8. The Labute approximate surface area is 119 Å². The quantitative estimate of drug-likeness (QED) is 0.635. The van der Waals surface area contributed by atoms with Crippen LogP contribution < -0.4 is 5.73 Å². The number of nitrogens with two attached hydrogens (primary N) is 1. The molecule has 2 N–H and O–H groups in total. The zero-order valence-electron chi connectivity index (χ0n) is 11.5. The number of benzene rings is 1. The summed E-state index contributed by atoms with van der Waals surface area (Å²) < 4.78 is 29.1. The van der Waals surface area contributed by atoms with Crippen LogP contribution in [-0.2, 0) is 25.1 Å². The second kappa shape index (κ2) is 5.44. The summed E-state index contributed by atoms with van der Waals surface area (Å²) >= 11 is 0. The lowest BCUT2D eigenvalue weighted by atomic mass is 10.1.